The molecule has 1 fully saturated rings. The van der Waals surface area contributed by atoms with Gasteiger partial charge in [0, 0.05) is 43.0 Å². The summed E-state index contributed by atoms with van der Waals surface area (Å²) in [6, 6.07) is 21.4. The Morgan fingerprint density at radius 3 is 2.12 bits per heavy atom. The van der Waals surface area contributed by atoms with Gasteiger partial charge >= 0.3 is 0 Å². The zero-order valence-electron chi connectivity index (χ0n) is 19.0. The van der Waals surface area contributed by atoms with E-state index in [2.05, 4.69) is 4.90 Å². The number of rotatable bonds is 7. The van der Waals surface area contributed by atoms with Crippen molar-refractivity contribution in [1.82, 2.24) is 4.90 Å². The van der Waals surface area contributed by atoms with Crippen molar-refractivity contribution in [3.8, 4) is 11.5 Å². The van der Waals surface area contributed by atoms with E-state index in [-0.39, 0.29) is 17.8 Å². The van der Waals surface area contributed by atoms with Gasteiger partial charge in [-0.25, -0.2) is 4.39 Å². The maximum Gasteiger partial charge on any atom is 0.258 e. The molecule has 5 nitrogen and oxygen atoms in total. The van der Waals surface area contributed by atoms with Crippen molar-refractivity contribution in [3.05, 3.63) is 89.7 Å². The molecular formula is C27H29FN2O3. The summed E-state index contributed by atoms with van der Waals surface area (Å²) in [5, 5.41) is 0. The molecule has 4 rings (SSSR count). The Bertz CT molecular complexity index is 1040. The predicted octanol–water partition coefficient (Wildman–Crippen LogP) is 5.15. The van der Waals surface area contributed by atoms with Crippen LogP contribution in [0.1, 0.15) is 28.8 Å². The van der Waals surface area contributed by atoms with Gasteiger partial charge < -0.3 is 14.4 Å². The number of carbonyl (C=O) groups is 1. The van der Waals surface area contributed by atoms with Gasteiger partial charge in [0.2, 0.25) is 0 Å². The molecule has 33 heavy (non-hydrogen) atoms. The second-order valence-electron chi connectivity index (χ2n) is 8.25. The summed E-state index contributed by atoms with van der Waals surface area (Å²) in [6.07, 6.45) is 1.66. The SMILES string of the molecule is COc1cc(CN2CCC(N(C(=O)c3ccccc3)c3ccc(F)cc3)CC2)cc(OC)c1. The molecule has 0 aromatic heterocycles. The highest BCUT2D eigenvalue weighted by Gasteiger charge is 2.30. The van der Waals surface area contributed by atoms with Crippen LogP contribution >= 0.6 is 0 Å². The first-order chi connectivity index (χ1) is 16.1. The molecule has 0 atom stereocenters. The first kappa shape index (κ1) is 22.8. The Morgan fingerprint density at radius 1 is 0.939 bits per heavy atom. The van der Waals surface area contributed by atoms with E-state index in [1.54, 1.807) is 26.4 Å². The largest absolute Gasteiger partial charge is 0.497 e. The Hall–Kier alpha value is -3.38. The number of benzene rings is 3. The van der Waals surface area contributed by atoms with Crippen LogP contribution in [0.5, 0.6) is 11.5 Å². The number of hydrogen-bond acceptors (Lipinski definition) is 4. The number of halogens is 1. The average molecular weight is 449 g/mol. The minimum Gasteiger partial charge on any atom is -0.497 e. The van der Waals surface area contributed by atoms with Gasteiger partial charge in [-0.1, -0.05) is 18.2 Å². The van der Waals surface area contributed by atoms with Crippen LogP contribution < -0.4 is 14.4 Å². The third-order valence-corrected chi connectivity index (χ3v) is 6.08. The molecular weight excluding hydrogens is 419 g/mol. The predicted molar refractivity (Wildman–Crippen MR) is 127 cm³/mol. The maximum absolute atomic E-state index is 13.6. The van der Waals surface area contributed by atoms with Gasteiger partial charge in [-0.15, -0.1) is 0 Å². The van der Waals surface area contributed by atoms with E-state index in [0.29, 0.717) is 5.56 Å². The number of ether oxygens (including phenoxy) is 2. The average Bonchev–Trinajstić information content (AvgIpc) is 2.86. The molecule has 0 unspecified atom stereocenters. The summed E-state index contributed by atoms with van der Waals surface area (Å²) in [5.74, 6) is 1.18. The van der Waals surface area contributed by atoms with Crippen molar-refractivity contribution in [1.29, 1.82) is 0 Å². The summed E-state index contributed by atoms with van der Waals surface area (Å²) in [6.45, 7) is 2.48. The summed E-state index contributed by atoms with van der Waals surface area (Å²) in [7, 11) is 3.30. The number of nitrogens with zero attached hydrogens (tertiary/aromatic N) is 2. The van der Waals surface area contributed by atoms with Crippen LogP contribution in [-0.4, -0.2) is 44.2 Å². The highest BCUT2D eigenvalue weighted by molar-refractivity contribution is 6.06. The number of piperidine rings is 1. The molecule has 1 aliphatic rings. The Morgan fingerprint density at radius 2 is 1.55 bits per heavy atom. The maximum atomic E-state index is 13.6. The van der Waals surface area contributed by atoms with Gasteiger partial charge in [-0.3, -0.25) is 9.69 Å². The van der Waals surface area contributed by atoms with Gasteiger partial charge in [0.1, 0.15) is 17.3 Å². The molecule has 1 heterocycles. The van der Waals surface area contributed by atoms with Crippen molar-refractivity contribution < 1.29 is 18.7 Å². The fourth-order valence-electron chi connectivity index (χ4n) is 4.37. The number of anilines is 1. The second kappa shape index (κ2) is 10.5. The van der Waals surface area contributed by atoms with E-state index in [1.165, 1.54) is 12.1 Å². The Labute approximate surface area is 194 Å². The molecule has 1 amide bonds. The quantitative estimate of drug-likeness (QED) is 0.501. The smallest absolute Gasteiger partial charge is 0.258 e. The number of likely N-dealkylation sites (tertiary alicyclic amines) is 1. The molecule has 3 aromatic carbocycles. The molecule has 0 N–H and O–H groups in total. The lowest BCUT2D eigenvalue weighted by atomic mass is 10.00. The van der Waals surface area contributed by atoms with Crippen LogP contribution in [-0.2, 0) is 6.54 Å². The van der Waals surface area contributed by atoms with Crippen LogP contribution in [0.2, 0.25) is 0 Å². The van der Waals surface area contributed by atoms with Crippen molar-refractivity contribution in [2.24, 2.45) is 0 Å². The number of amides is 1. The minimum atomic E-state index is -0.311. The van der Waals surface area contributed by atoms with Crippen molar-refractivity contribution in [2.75, 3.05) is 32.2 Å². The van der Waals surface area contributed by atoms with Gasteiger partial charge in [0.25, 0.3) is 5.91 Å². The third-order valence-electron chi connectivity index (χ3n) is 6.08. The normalized spacial score (nSPS) is 14.6. The molecule has 0 radical (unpaired) electrons. The van der Waals surface area contributed by atoms with Crippen LogP contribution in [0.15, 0.2) is 72.8 Å². The molecule has 3 aromatic rings. The van der Waals surface area contributed by atoms with E-state index in [1.807, 2.05) is 53.4 Å². The highest BCUT2D eigenvalue weighted by atomic mass is 19.1. The summed E-state index contributed by atoms with van der Waals surface area (Å²) < 4.78 is 24.3. The molecule has 0 saturated carbocycles. The Balaban J connectivity index is 1.49. The van der Waals surface area contributed by atoms with Gasteiger partial charge in [0.15, 0.2) is 0 Å². The van der Waals surface area contributed by atoms with Crippen molar-refractivity contribution >= 4 is 11.6 Å². The van der Waals surface area contributed by atoms with Crippen LogP contribution in [0.4, 0.5) is 10.1 Å². The topological polar surface area (TPSA) is 42.0 Å². The summed E-state index contributed by atoms with van der Waals surface area (Å²) >= 11 is 0. The first-order valence-electron chi connectivity index (χ1n) is 11.2. The Kier molecular flexibility index (Phi) is 7.25. The number of methoxy groups -OCH3 is 2. The van der Waals surface area contributed by atoms with E-state index in [9.17, 15) is 9.18 Å². The third kappa shape index (κ3) is 5.52. The molecule has 0 bridgehead atoms. The van der Waals surface area contributed by atoms with Gasteiger partial charge in [-0.05, 0) is 66.9 Å². The zero-order chi connectivity index (χ0) is 23.2. The lowest BCUT2D eigenvalue weighted by molar-refractivity contribution is 0.0958. The molecule has 0 spiro atoms. The van der Waals surface area contributed by atoms with Crippen LogP contribution in [0.25, 0.3) is 0 Å². The van der Waals surface area contributed by atoms with Gasteiger partial charge in [0.05, 0.1) is 14.2 Å². The second-order valence-corrected chi connectivity index (χ2v) is 8.25. The number of hydrogen-bond donors (Lipinski definition) is 0. The molecule has 6 heteroatoms. The van der Waals surface area contributed by atoms with Crippen molar-refractivity contribution in [3.63, 3.8) is 0 Å². The lowest BCUT2D eigenvalue weighted by Crippen LogP contribution is -2.47. The number of carbonyl (C=O) groups excluding carboxylic acids is 1. The zero-order valence-corrected chi connectivity index (χ0v) is 19.0. The molecule has 1 saturated heterocycles. The lowest BCUT2D eigenvalue weighted by Gasteiger charge is -2.38. The van der Waals surface area contributed by atoms with Gasteiger partial charge in [-0.2, -0.15) is 0 Å². The monoisotopic (exact) mass is 448 g/mol. The van der Waals surface area contributed by atoms with Crippen LogP contribution in [0, 0.1) is 5.82 Å². The fraction of sp³-hybridized carbons (Fsp3) is 0.296. The summed E-state index contributed by atoms with van der Waals surface area (Å²) in [5.41, 5.74) is 2.48. The fourth-order valence-corrected chi connectivity index (χ4v) is 4.37. The minimum absolute atomic E-state index is 0.0410. The van der Waals surface area contributed by atoms with E-state index in [4.69, 9.17) is 9.47 Å². The standard InChI is InChI=1S/C27H29FN2O3/c1-32-25-16-20(17-26(18-25)33-2)19-29-14-12-24(13-15-29)30(23-10-8-22(28)9-11-23)27(31)21-6-4-3-5-7-21/h3-11,16-18,24H,12-15,19H2,1-2H3. The molecule has 172 valence electrons. The highest BCUT2D eigenvalue weighted by Crippen LogP contribution is 2.28. The van der Waals surface area contributed by atoms with E-state index < -0.39 is 0 Å². The first-order valence-corrected chi connectivity index (χ1v) is 11.2. The van der Waals surface area contributed by atoms with Crippen molar-refractivity contribution in [2.45, 2.75) is 25.4 Å². The van der Waals surface area contributed by atoms with Crippen LogP contribution in [0.3, 0.4) is 0 Å². The molecule has 0 aliphatic carbocycles. The molecule has 1 aliphatic heterocycles. The summed E-state index contributed by atoms with van der Waals surface area (Å²) in [4.78, 5) is 17.6. The van der Waals surface area contributed by atoms with E-state index >= 15 is 0 Å². The van der Waals surface area contributed by atoms with E-state index in [0.717, 1.165) is 55.2 Å².